The van der Waals surface area contributed by atoms with E-state index in [9.17, 15) is 9.90 Å². The zero-order valence-electron chi connectivity index (χ0n) is 11.7. The molecule has 0 amide bonds. The van der Waals surface area contributed by atoms with Gasteiger partial charge in [0.15, 0.2) is 0 Å². The van der Waals surface area contributed by atoms with Crippen LogP contribution in [-0.2, 0) is 9.53 Å². The number of hydrogen-bond donors (Lipinski definition) is 1. The van der Waals surface area contributed by atoms with Crippen LogP contribution in [0.1, 0.15) is 37.0 Å². The van der Waals surface area contributed by atoms with E-state index in [1.54, 1.807) is 7.11 Å². The van der Waals surface area contributed by atoms with Gasteiger partial charge < -0.3 is 14.6 Å². The van der Waals surface area contributed by atoms with Crippen LogP contribution in [0.25, 0.3) is 0 Å². The molecule has 19 heavy (non-hydrogen) atoms. The number of rotatable bonds is 3. The third-order valence-electron chi connectivity index (χ3n) is 4.15. The Morgan fingerprint density at radius 1 is 1.32 bits per heavy atom. The summed E-state index contributed by atoms with van der Waals surface area (Å²) in [5, 5.41) is 10.3. The van der Waals surface area contributed by atoms with E-state index in [0.717, 1.165) is 16.9 Å². The van der Waals surface area contributed by atoms with E-state index in [0.29, 0.717) is 0 Å². The highest BCUT2D eigenvalue weighted by Gasteiger charge is 2.42. The van der Waals surface area contributed by atoms with E-state index in [4.69, 9.17) is 9.47 Å². The van der Waals surface area contributed by atoms with Gasteiger partial charge >= 0.3 is 5.97 Å². The smallest absolute Gasteiger partial charge is 0.309 e. The Labute approximate surface area is 113 Å². The van der Waals surface area contributed by atoms with Crippen LogP contribution in [-0.4, -0.2) is 25.3 Å². The molecule has 4 unspecified atom stereocenters. The number of carbonyl (C=O) groups is 1. The van der Waals surface area contributed by atoms with Crippen LogP contribution in [0.3, 0.4) is 0 Å². The monoisotopic (exact) mass is 264 g/mol. The molecule has 0 aliphatic heterocycles. The minimum absolute atomic E-state index is 0.0174. The van der Waals surface area contributed by atoms with Crippen molar-refractivity contribution >= 4 is 5.97 Å². The highest BCUT2D eigenvalue weighted by Crippen LogP contribution is 2.49. The minimum atomic E-state index is -0.567. The van der Waals surface area contributed by atoms with Gasteiger partial charge in [0.1, 0.15) is 5.75 Å². The summed E-state index contributed by atoms with van der Waals surface area (Å²) in [5.74, 6) is 0.160. The van der Waals surface area contributed by atoms with Gasteiger partial charge in [-0.15, -0.1) is 0 Å². The molecule has 0 radical (unpaired) electrons. The molecule has 104 valence electrons. The third-order valence-corrected chi connectivity index (χ3v) is 4.15. The van der Waals surface area contributed by atoms with E-state index in [-0.39, 0.29) is 23.7 Å². The Balaban J connectivity index is 2.42. The van der Waals surface area contributed by atoms with E-state index in [1.165, 1.54) is 7.11 Å². The zero-order valence-corrected chi connectivity index (χ0v) is 11.7. The van der Waals surface area contributed by atoms with Crippen molar-refractivity contribution in [3.05, 3.63) is 29.3 Å². The van der Waals surface area contributed by atoms with Gasteiger partial charge in [-0.25, -0.2) is 0 Å². The Morgan fingerprint density at radius 2 is 2.00 bits per heavy atom. The van der Waals surface area contributed by atoms with E-state index in [2.05, 4.69) is 0 Å². The summed E-state index contributed by atoms with van der Waals surface area (Å²) in [6, 6.07) is 5.64. The number of hydrogen-bond acceptors (Lipinski definition) is 4. The molecule has 0 aromatic heterocycles. The first-order chi connectivity index (χ1) is 9.01. The molecule has 4 nitrogen and oxygen atoms in total. The quantitative estimate of drug-likeness (QED) is 0.851. The predicted octanol–water partition coefficient (Wildman–Crippen LogP) is 2.27. The number of fused-ring (bicyclic) bond motifs is 1. The van der Waals surface area contributed by atoms with Gasteiger partial charge in [0.05, 0.1) is 26.2 Å². The lowest BCUT2D eigenvalue weighted by molar-refractivity contribution is -0.146. The van der Waals surface area contributed by atoms with Gasteiger partial charge in [0.25, 0.3) is 0 Å². The molecule has 1 aromatic carbocycles. The lowest BCUT2D eigenvalue weighted by Gasteiger charge is -2.23. The van der Waals surface area contributed by atoms with Crippen LogP contribution >= 0.6 is 0 Å². The van der Waals surface area contributed by atoms with Gasteiger partial charge in [0.2, 0.25) is 0 Å². The number of esters is 1. The second-order valence-corrected chi connectivity index (χ2v) is 5.14. The van der Waals surface area contributed by atoms with Crippen molar-refractivity contribution in [1.82, 2.24) is 0 Å². The average Bonchev–Trinajstić information content (AvgIpc) is 2.69. The molecule has 4 heteroatoms. The maximum absolute atomic E-state index is 11.8. The van der Waals surface area contributed by atoms with Crippen molar-refractivity contribution < 1.29 is 19.4 Å². The molecular formula is C15H20O4. The first kappa shape index (κ1) is 13.9. The van der Waals surface area contributed by atoms with Gasteiger partial charge in [-0.3, -0.25) is 4.79 Å². The van der Waals surface area contributed by atoms with Gasteiger partial charge in [-0.05, 0) is 29.2 Å². The molecule has 0 saturated heterocycles. The maximum Gasteiger partial charge on any atom is 0.309 e. The largest absolute Gasteiger partial charge is 0.497 e. The fourth-order valence-electron chi connectivity index (χ4n) is 3.06. The summed E-state index contributed by atoms with van der Waals surface area (Å²) in [7, 11) is 2.99. The lowest BCUT2D eigenvalue weighted by atomic mass is 9.82. The molecule has 0 fully saturated rings. The summed E-state index contributed by atoms with van der Waals surface area (Å²) in [6.45, 7) is 3.81. The highest BCUT2D eigenvalue weighted by atomic mass is 16.5. The summed E-state index contributed by atoms with van der Waals surface area (Å²) >= 11 is 0. The summed E-state index contributed by atoms with van der Waals surface area (Å²) < 4.78 is 10.0. The first-order valence-electron chi connectivity index (χ1n) is 6.45. The van der Waals surface area contributed by atoms with Crippen molar-refractivity contribution in [2.24, 2.45) is 11.8 Å². The Kier molecular flexibility index (Phi) is 3.80. The summed E-state index contributed by atoms with van der Waals surface area (Å²) in [5.41, 5.74) is 1.87. The van der Waals surface area contributed by atoms with Crippen LogP contribution in [0.15, 0.2) is 18.2 Å². The van der Waals surface area contributed by atoms with Gasteiger partial charge in [-0.2, -0.15) is 0 Å². The lowest BCUT2D eigenvalue weighted by Crippen LogP contribution is -2.24. The topological polar surface area (TPSA) is 55.8 Å². The number of benzene rings is 1. The van der Waals surface area contributed by atoms with Gasteiger partial charge in [0, 0.05) is 5.92 Å². The number of aliphatic hydroxyl groups excluding tert-OH is 1. The Morgan fingerprint density at radius 3 is 2.58 bits per heavy atom. The molecule has 1 aliphatic carbocycles. The van der Waals surface area contributed by atoms with Crippen LogP contribution in [0.5, 0.6) is 5.75 Å². The van der Waals surface area contributed by atoms with Crippen molar-refractivity contribution in [1.29, 1.82) is 0 Å². The van der Waals surface area contributed by atoms with Crippen molar-refractivity contribution in [2.45, 2.75) is 25.9 Å². The molecule has 0 saturated carbocycles. The van der Waals surface area contributed by atoms with Crippen LogP contribution in [0.2, 0.25) is 0 Å². The van der Waals surface area contributed by atoms with Crippen LogP contribution in [0, 0.1) is 11.8 Å². The number of ether oxygens (including phenoxy) is 2. The van der Waals surface area contributed by atoms with E-state index in [1.807, 2.05) is 32.0 Å². The molecule has 2 rings (SSSR count). The normalized spacial score (nSPS) is 26.7. The number of aliphatic hydroxyl groups is 1. The van der Waals surface area contributed by atoms with E-state index >= 15 is 0 Å². The Hall–Kier alpha value is -1.55. The number of carbonyl (C=O) groups excluding carboxylic acids is 1. The SMILES string of the molecule is COC(=O)C(C)C1c2ccc(OC)cc2C(O)C1C. The highest BCUT2D eigenvalue weighted by molar-refractivity contribution is 5.73. The minimum Gasteiger partial charge on any atom is -0.497 e. The van der Waals surface area contributed by atoms with Crippen molar-refractivity contribution in [2.75, 3.05) is 14.2 Å². The van der Waals surface area contributed by atoms with Crippen LogP contribution in [0.4, 0.5) is 0 Å². The second kappa shape index (κ2) is 5.21. The standard InChI is InChI=1S/C15H20O4/c1-8-13(9(2)15(17)19-4)11-6-5-10(18-3)7-12(11)14(8)16/h5-9,13-14,16H,1-4H3. The molecule has 1 N–H and O–H groups in total. The summed E-state index contributed by atoms with van der Waals surface area (Å²) in [6.07, 6.45) is -0.567. The molecule has 0 heterocycles. The third kappa shape index (κ3) is 2.21. The molecule has 0 bridgehead atoms. The average molecular weight is 264 g/mol. The summed E-state index contributed by atoms with van der Waals surface area (Å²) in [4.78, 5) is 11.8. The number of methoxy groups -OCH3 is 2. The fraction of sp³-hybridized carbons (Fsp3) is 0.533. The Bertz CT molecular complexity index is 483. The molecule has 0 spiro atoms. The predicted molar refractivity (Wildman–Crippen MR) is 71.0 cm³/mol. The molecule has 1 aliphatic rings. The second-order valence-electron chi connectivity index (χ2n) is 5.14. The molecule has 1 aromatic rings. The van der Waals surface area contributed by atoms with Crippen molar-refractivity contribution in [3.8, 4) is 5.75 Å². The maximum atomic E-state index is 11.8. The molecular weight excluding hydrogens is 244 g/mol. The zero-order chi connectivity index (χ0) is 14.2. The van der Waals surface area contributed by atoms with Crippen LogP contribution < -0.4 is 4.74 Å². The molecule has 4 atom stereocenters. The fourth-order valence-corrected chi connectivity index (χ4v) is 3.06. The van der Waals surface area contributed by atoms with Crippen molar-refractivity contribution in [3.63, 3.8) is 0 Å². The first-order valence-corrected chi connectivity index (χ1v) is 6.45. The van der Waals surface area contributed by atoms with E-state index < -0.39 is 6.10 Å². The van der Waals surface area contributed by atoms with Gasteiger partial charge in [-0.1, -0.05) is 19.9 Å².